The second-order valence-electron chi connectivity index (χ2n) is 17.4. The molecule has 1 aliphatic carbocycles. The standard InChI is InChI=1S/C41H40ClF5N10O2S/c1-39(9-10-39)36-40(18-56(36)38(58)57-20-50-34(53-57)32(46)47)7-2-3-11-54(17-40)35-23-13-25(42)28(22-5-6-26(44)31-27(22)24(15-48)33(49)60-31)29(45)30(23)51-37(52-35)59-19-41-8-4-12-55(41)16-21(43)14-41/h5-6,13,20-21,32,36H,2-4,7-12,14,16-19,49H2,1H3/t21-,36-,40-,41+/m1/s1. The highest BCUT2D eigenvalue weighted by molar-refractivity contribution is 7.23. The lowest BCUT2D eigenvalue weighted by Crippen LogP contribution is -2.72. The lowest BCUT2D eigenvalue weighted by atomic mass is 9.63. The molecular weight excluding hydrogens is 827 g/mol. The first-order valence-electron chi connectivity index (χ1n) is 20.1. The number of likely N-dealkylation sites (tertiary alicyclic amines) is 1. The van der Waals surface area contributed by atoms with Crippen LogP contribution in [0.15, 0.2) is 24.5 Å². The number of carbonyl (C=O) groups is 1. The van der Waals surface area contributed by atoms with E-state index in [4.69, 9.17) is 27.1 Å². The number of aromatic nitrogens is 5. The maximum atomic E-state index is 17.5. The molecule has 7 heterocycles. The number of thiophene rings is 1. The van der Waals surface area contributed by atoms with Gasteiger partial charge >= 0.3 is 12.0 Å². The summed E-state index contributed by atoms with van der Waals surface area (Å²) in [7, 11) is 0. The van der Waals surface area contributed by atoms with E-state index in [1.165, 1.54) is 12.1 Å². The first-order chi connectivity index (χ1) is 28.7. The van der Waals surface area contributed by atoms with Crippen molar-refractivity contribution in [1.29, 1.82) is 5.26 Å². The average molecular weight is 867 g/mol. The van der Waals surface area contributed by atoms with E-state index in [9.17, 15) is 23.2 Å². The van der Waals surface area contributed by atoms with E-state index in [0.717, 1.165) is 73.8 Å². The van der Waals surface area contributed by atoms with Crippen molar-refractivity contribution in [3.63, 3.8) is 0 Å². The van der Waals surface area contributed by atoms with Crippen molar-refractivity contribution >= 4 is 60.8 Å². The molecule has 60 heavy (non-hydrogen) atoms. The minimum absolute atomic E-state index is 0.00986. The van der Waals surface area contributed by atoms with Crippen LogP contribution in [0.3, 0.4) is 0 Å². The number of anilines is 2. The molecule has 4 aliphatic heterocycles. The number of carbonyl (C=O) groups excluding carboxylic acids is 1. The van der Waals surface area contributed by atoms with Gasteiger partial charge in [-0.25, -0.2) is 31.7 Å². The molecule has 5 aliphatic rings. The average Bonchev–Trinajstić information content (AvgIpc) is 3.50. The van der Waals surface area contributed by atoms with Gasteiger partial charge in [0, 0.05) is 60.4 Å². The Morgan fingerprint density at radius 1 is 1.13 bits per heavy atom. The van der Waals surface area contributed by atoms with Crippen LogP contribution in [0.5, 0.6) is 6.01 Å². The van der Waals surface area contributed by atoms with E-state index in [2.05, 4.69) is 31.8 Å². The van der Waals surface area contributed by atoms with E-state index in [1.54, 1.807) is 11.0 Å². The van der Waals surface area contributed by atoms with Crippen molar-refractivity contribution in [2.24, 2.45) is 10.8 Å². The lowest BCUT2D eigenvalue weighted by molar-refractivity contribution is -0.0766. The monoisotopic (exact) mass is 866 g/mol. The van der Waals surface area contributed by atoms with E-state index < -0.39 is 47.0 Å². The fourth-order valence-electron chi connectivity index (χ4n) is 10.8. The molecule has 1 amide bonds. The zero-order chi connectivity index (χ0) is 41.9. The Bertz CT molecular complexity index is 2630. The smallest absolute Gasteiger partial charge is 0.346 e. The van der Waals surface area contributed by atoms with Gasteiger partial charge in [-0.2, -0.15) is 19.9 Å². The second-order valence-corrected chi connectivity index (χ2v) is 18.9. The van der Waals surface area contributed by atoms with Crippen LogP contribution in [0.4, 0.5) is 37.6 Å². The molecule has 0 radical (unpaired) electrons. The Morgan fingerprint density at radius 2 is 1.95 bits per heavy atom. The van der Waals surface area contributed by atoms with Gasteiger partial charge in [-0.05, 0) is 68.2 Å². The first kappa shape index (κ1) is 39.3. The molecule has 4 atom stereocenters. The predicted molar refractivity (Wildman–Crippen MR) is 215 cm³/mol. The predicted octanol–water partition coefficient (Wildman–Crippen LogP) is 8.51. The van der Waals surface area contributed by atoms with Crippen LogP contribution < -0.4 is 15.4 Å². The molecule has 5 aromatic rings. The Kier molecular flexibility index (Phi) is 9.23. The minimum atomic E-state index is -2.92. The van der Waals surface area contributed by atoms with Crippen molar-refractivity contribution in [1.82, 2.24) is 34.5 Å². The van der Waals surface area contributed by atoms with Crippen molar-refractivity contribution in [3.05, 3.63) is 52.6 Å². The van der Waals surface area contributed by atoms with Gasteiger partial charge in [-0.1, -0.05) is 31.0 Å². The number of hydrogen-bond donors (Lipinski definition) is 1. The molecule has 10 rings (SSSR count). The summed E-state index contributed by atoms with van der Waals surface area (Å²) in [6.45, 7) is 4.54. The van der Waals surface area contributed by atoms with Crippen LogP contribution in [-0.2, 0) is 0 Å². The fourth-order valence-corrected chi connectivity index (χ4v) is 12.1. The molecule has 0 bridgehead atoms. The van der Waals surface area contributed by atoms with Crippen LogP contribution >= 0.6 is 22.9 Å². The SMILES string of the molecule is CC1([C@H]2N(C(=O)n3cnc(C(F)F)n3)C[C@]23CCCCN(c2nc(OC[C@@]45CCCN4C[C@H](F)C5)nc4c(F)c(-c5ccc(F)c6sc(N)c(C#N)c56)c(Cl)cc24)C3)CC1. The Hall–Kier alpha value is -4.86. The summed E-state index contributed by atoms with van der Waals surface area (Å²) in [5, 5.41) is 14.3. The van der Waals surface area contributed by atoms with E-state index in [1.807, 2.05) is 6.07 Å². The van der Waals surface area contributed by atoms with Crippen molar-refractivity contribution in [2.75, 3.05) is 50.0 Å². The number of nitrogens with two attached hydrogens (primary N) is 1. The summed E-state index contributed by atoms with van der Waals surface area (Å²) in [6.07, 6.45) is 3.12. The highest BCUT2D eigenvalue weighted by Crippen LogP contribution is 2.62. The fraction of sp³-hybridized carbons (Fsp3) is 0.512. The molecule has 314 valence electrons. The van der Waals surface area contributed by atoms with Gasteiger partial charge in [0.05, 0.1) is 20.8 Å². The summed E-state index contributed by atoms with van der Waals surface area (Å²) in [6, 6.07) is 5.27. The zero-order valence-electron chi connectivity index (χ0n) is 32.5. The first-order valence-corrected chi connectivity index (χ1v) is 21.3. The molecule has 2 aromatic carbocycles. The van der Waals surface area contributed by atoms with Crippen LogP contribution in [0.1, 0.15) is 76.1 Å². The molecular formula is C41H40ClF5N10O2S. The van der Waals surface area contributed by atoms with Gasteiger partial charge < -0.3 is 20.3 Å². The van der Waals surface area contributed by atoms with Crippen LogP contribution in [0.25, 0.3) is 32.1 Å². The molecule has 19 heteroatoms. The zero-order valence-corrected chi connectivity index (χ0v) is 34.1. The number of halogens is 6. The highest BCUT2D eigenvalue weighted by atomic mass is 35.5. The highest BCUT2D eigenvalue weighted by Gasteiger charge is 2.65. The van der Waals surface area contributed by atoms with Crippen LogP contribution in [0, 0.1) is 33.8 Å². The number of rotatable bonds is 7. The number of alkyl halides is 3. The van der Waals surface area contributed by atoms with Gasteiger partial charge in [-0.3, -0.25) is 4.90 Å². The third-order valence-electron chi connectivity index (χ3n) is 13.7. The van der Waals surface area contributed by atoms with E-state index >= 15 is 8.78 Å². The number of hydrogen-bond acceptors (Lipinski definition) is 11. The topological polar surface area (TPSA) is 142 Å². The molecule has 1 spiro atoms. The normalized spacial score (nSPS) is 26.2. The number of ether oxygens (including phenoxy) is 1. The number of nitrogens with zero attached hydrogens (tertiary/aromatic N) is 9. The Morgan fingerprint density at radius 3 is 2.70 bits per heavy atom. The number of nitriles is 1. The summed E-state index contributed by atoms with van der Waals surface area (Å²) in [4.78, 5) is 33.0. The maximum absolute atomic E-state index is 17.5. The molecule has 12 nitrogen and oxygen atoms in total. The number of benzene rings is 2. The summed E-state index contributed by atoms with van der Waals surface area (Å²) >= 11 is 7.90. The Balaban J connectivity index is 1.08. The van der Waals surface area contributed by atoms with Crippen LogP contribution in [0.2, 0.25) is 5.02 Å². The van der Waals surface area contributed by atoms with Crippen molar-refractivity contribution in [2.45, 2.75) is 82.5 Å². The van der Waals surface area contributed by atoms with E-state index in [-0.39, 0.29) is 66.4 Å². The molecule has 2 N–H and O–H groups in total. The summed E-state index contributed by atoms with van der Waals surface area (Å²) in [5.41, 5.74) is 4.89. The second kappa shape index (κ2) is 14.1. The quantitative estimate of drug-likeness (QED) is 0.158. The van der Waals surface area contributed by atoms with Gasteiger partial charge in [0.25, 0.3) is 6.43 Å². The summed E-state index contributed by atoms with van der Waals surface area (Å²) < 4.78 is 81.5. The molecule has 1 saturated carbocycles. The number of fused-ring (bicyclic) bond motifs is 3. The maximum Gasteiger partial charge on any atom is 0.346 e. The largest absolute Gasteiger partial charge is 0.461 e. The number of amides is 1. The Labute approximate surface area is 350 Å². The molecule has 5 fully saturated rings. The van der Waals surface area contributed by atoms with Gasteiger partial charge in [0.2, 0.25) is 5.82 Å². The summed E-state index contributed by atoms with van der Waals surface area (Å²) in [5.74, 6) is -1.80. The molecule has 4 saturated heterocycles. The molecule has 0 unspecified atom stereocenters. The van der Waals surface area contributed by atoms with Crippen molar-refractivity contribution < 1.29 is 31.5 Å². The molecule has 3 aromatic heterocycles. The minimum Gasteiger partial charge on any atom is -0.461 e. The van der Waals surface area contributed by atoms with Gasteiger partial charge in [-0.15, -0.1) is 16.4 Å². The number of nitrogen functional groups attached to an aromatic ring is 1. The van der Waals surface area contributed by atoms with Gasteiger partial charge in [0.15, 0.2) is 5.82 Å². The van der Waals surface area contributed by atoms with Crippen molar-refractivity contribution in [3.8, 4) is 23.2 Å². The third-order valence-corrected chi connectivity index (χ3v) is 15.0. The lowest BCUT2D eigenvalue weighted by Gasteiger charge is -2.60. The van der Waals surface area contributed by atoms with Gasteiger partial charge in [0.1, 0.15) is 47.3 Å². The van der Waals surface area contributed by atoms with Crippen LogP contribution in [-0.4, -0.2) is 97.6 Å². The third kappa shape index (κ3) is 6.08. The van der Waals surface area contributed by atoms with E-state index in [0.29, 0.717) is 43.8 Å².